The van der Waals surface area contributed by atoms with Crippen LogP contribution in [-0.4, -0.2) is 57.1 Å². The molecule has 1 amide bonds. The van der Waals surface area contributed by atoms with Gasteiger partial charge in [0.05, 0.1) is 5.69 Å². The summed E-state index contributed by atoms with van der Waals surface area (Å²) in [7, 11) is 2.06. The molecule has 1 aliphatic heterocycles. The lowest BCUT2D eigenvalue weighted by atomic mass is 10.2. The number of carbonyl (C=O) groups is 1. The fraction of sp³-hybridized carbons (Fsp3) is 0.500. The highest BCUT2D eigenvalue weighted by molar-refractivity contribution is 9.10. The van der Waals surface area contributed by atoms with Gasteiger partial charge in [0.1, 0.15) is 0 Å². The Balaban J connectivity index is 1.94. The number of piperazine rings is 1. The van der Waals surface area contributed by atoms with Gasteiger partial charge in [0, 0.05) is 56.4 Å². The van der Waals surface area contributed by atoms with Crippen LogP contribution in [0, 0.1) is 0 Å². The van der Waals surface area contributed by atoms with Crippen LogP contribution in [0.4, 0.5) is 5.69 Å². The molecule has 110 valence electrons. The van der Waals surface area contributed by atoms with Gasteiger partial charge in [-0.15, -0.1) is 0 Å². The zero-order chi connectivity index (χ0) is 14.5. The summed E-state index contributed by atoms with van der Waals surface area (Å²) in [6.45, 7) is 6.35. The maximum Gasteiger partial charge on any atom is 0.248 e. The summed E-state index contributed by atoms with van der Waals surface area (Å²) in [6, 6.07) is 5.48. The van der Waals surface area contributed by atoms with Crippen molar-refractivity contribution in [1.82, 2.24) is 10.2 Å². The lowest BCUT2D eigenvalue weighted by Gasteiger charge is -2.30. The smallest absolute Gasteiger partial charge is 0.248 e. The Morgan fingerprint density at radius 3 is 2.75 bits per heavy atom. The Morgan fingerprint density at radius 1 is 1.45 bits per heavy atom. The number of likely N-dealkylation sites (N-methyl/N-ethyl adjacent to an activating group) is 1. The number of hydrogen-bond acceptors (Lipinski definition) is 4. The number of amides is 1. The Hall–Kier alpha value is -1.11. The summed E-state index contributed by atoms with van der Waals surface area (Å²) in [5.74, 6) is -0.402. The molecule has 1 aromatic carbocycles. The molecule has 0 unspecified atom stereocenters. The van der Waals surface area contributed by atoms with E-state index in [-0.39, 0.29) is 0 Å². The number of nitrogens with two attached hydrogens (primary N) is 1. The van der Waals surface area contributed by atoms with Gasteiger partial charge in [-0.05, 0) is 34.1 Å². The fourth-order valence-corrected chi connectivity index (χ4v) is 3.00. The van der Waals surface area contributed by atoms with E-state index < -0.39 is 5.91 Å². The predicted molar refractivity (Wildman–Crippen MR) is 85.2 cm³/mol. The SMILES string of the molecule is CN(CCN1CCNCC1)c1ccc(C(N)=O)cc1Br. The first-order chi connectivity index (χ1) is 9.58. The molecule has 1 saturated heterocycles. The molecule has 1 aromatic rings. The summed E-state index contributed by atoms with van der Waals surface area (Å²) < 4.78 is 0.900. The molecule has 1 fully saturated rings. The van der Waals surface area contributed by atoms with E-state index in [0.29, 0.717) is 5.56 Å². The molecule has 1 aliphatic rings. The average molecular weight is 341 g/mol. The molecule has 3 N–H and O–H groups in total. The normalized spacial score (nSPS) is 16.1. The van der Waals surface area contributed by atoms with Crippen LogP contribution >= 0.6 is 15.9 Å². The summed E-state index contributed by atoms with van der Waals surface area (Å²) >= 11 is 3.51. The summed E-state index contributed by atoms with van der Waals surface area (Å²) in [4.78, 5) is 15.8. The lowest BCUT2D eigenvalue weighted by molar-refractivity contribution is 0.100. The molecular formula is C14H21BrN4O. The number of anilines is 1. The van der Waals surface area contributed by atoms with Gasteiger partial charge in [-0.25, -0.2) is 0 Å². The standard InChI is InChI=1S/C14H21BrN4O/c1-18(8-9-19-6-4-17-5-7-19)13-3-2-11(14(16)20)10-12(13)15/h2-3,10,17H,4-9H2,1H3,(H2,16,20). The molecule has 5 nitrogen and oxygen atoms in total. The van der Waals surface area contributed by atoms with E-state index in [4.69, 9.17) is 5.73 Å². The van der Waals surface area contributed by atoms with Gasteiger partial charge in [0.2, 0.25) is 5.91 Å². The minimum atomic E-state index is -0.402. The Kier molecular flexibility index (Phi) is 5.39. The second-order valence-electron chi connectivity index (χ2n) is 5.04. The van der Waals surface area contributed by atoms with E-state index in [9.17, 15) is 4.79 Å². The van der Waals surface area contributed by atoms with Gasteiger partial charge in [-0.3, -0.25) is 9.69 Å². The third-order valence-electron chi connectivity index (χ3n) is 3.60. The van der Waals surface area contributed by atoms with Crippen LogP contribution < -0.4 is 16.0 Å². The number of nitrogens with one attached hydrogen (secondary N) is 1. The van der Waals surface area contributed by atoms with Crippen molar-refractivity contribution in [1.29, 1.82) is 0 Å². The van der Waals surface area contributed by atoms with Crippen molar-refractivity contribution in [3.63, 3.8) is 0 Å². The van der Waals surface area contributed by atoms with Crippen LogP contribution in [0.1, 0.15) is 10.4 Å². The highest BCUT2D eigenvalue weighted by atomic mass is 79.9. The topological polar surface area (TPSA) is 61.6 Å². The van der Waals surface area contributed by atoms with E-state index in [0.717, 1.165) is 49.4 Å². The van der Waals surface area contributed by atoms with Crippen LogP contribution in [0.3, 0.4) is 0 Å². The highest BCUT2D eigenvalue weighted by Crippen LogP contribution is 2.26. The van der Waals surface area contributed by atoms with E-state index in [1.54, 1.807) is 12.1 Å². The second kappa shape index (κ2) is 7.06. The number of halogens is 1. The summed E-state index contributed by atoms with van der Waals surface area (Å²) in [5.41, 5.74) is 6.88. The van der Waals surface area contributed by atoms with Gasteiger partial charge in [0.15, 0.2) is 0 Å². The first kappa shape index (κ1) is 15.3. The van der Waals surface area contributed by atoms with Gasteiger partial charge >= 0.3 is 0 Å². The largest absolute Gasteiger partial charge is 0.372 e. The highest BCUT2D eigenvalue weighted by Gasteiger charge is 2.12. The van der Waals surface area contributed by atoms with Crippen LogP contribution in [-0.2, 0) is 0 Å². The third-order valence-corrected chi connectivity index (χ3v) is 4.24. The minimum Gasteiger partial charge on any atom is -0.372 e. The number of benzene rings is 1. The van der Waals surface area contributed by atoms with Gasteiger partial charge in [-0.2, -0.15) is 0 Å². The number of nitrogens with zero attached hydrogens (tertiary/aromatic N) is 2. The maximum atomic E-state index is 11.1. The zero-order valence-corrected chi connectivity index (χ0v) is 13.3. The van der Waals surface area contributed by atoms with Crippen LogP contribution in [0.2, 0.25) is 0 Å². The molecule has 0 bridgehead atoms. The Labute approximate surface area is 128 Å². The van der Waals surface area contributed by atoms with Gasteiger partial charge in [0.25, 0.3) is 0 Å². The molecule has 0 radical (unpaired) electrons. The number of primary amides is 1. The molecule has 0 atom stereocenters. The lowest BCUT2D eigenvalue weighted by Crippen LogP contribution is -2.46. The molecule has 1 heterocycles. The third kappa shape index (κ3) is 3.94. The molecule has 2 rings (SSSR count). The molecule has 20 heavy (non-hydrogen) atoms. The maximum absolute atomic E-state index is 11.1. The van der Waals surface area contributed by atoms with Gasteiger partial charge < -0.3 is 16.0 Å². The molecule has 0 aliphatic carbocycles. The molecule has 0 aromatic heterocycles. The number of rotatable bonds is 5. The Bertz CT molecular complexity index is 474. The van der Waals surface area contributed by atoms with E-state index in [1.165, 1.54) is 0 Å². The number of hydrogen-bond donors (Lipinski definition) is 2. The average Bonchev–Trinajstić information content (AvgIpc) is 2.45. The van der Waals surface area contributed by atoms with Crippen LogP contribution in [0.5, 0.6) is 0 Å². The van der Waals surface area contributed by atoms with Crippen molar-refractivity contribution >= 4 is 27.5 Å². The van der Waals surface area contributed by atoms with Crippen molar-refractivity contribution in [2.24, 2.45) is 5.73 Å². The van der Waals surface area contributed by atoms with Crippen molar-refractivity contribution < 1.29 is 4.79 Å². The zero-order valence-electron chi connectivity index (χ0n) is 11.7. The summed E-state index contributed by atoms with van der Waals surface area (Å²) in [5, 5.41) is 3.35. The quantitative estimate of drug-likeness (QED) is 0.835. The van der Waals surface area contributed by atoms with Crippen molar-refractivity contribution in [3.05, 3.63) is 28.2 Å². The van der Waals surface area contributed by atoms with Crippen LogP contribution in [0.15, 0.2) is 22.7 Å². The van der Waals surface area contributed by atoms with Crippen molar-refractivity contribution in [3.8, 4) is 0 Å². The predicted octanol–water partition coefficient (Wildman–Crippen LogP) is 0.889. The molecule has 6 heteroatoms. The number of carbonyl (C=O) groups excluding carboxylic acids is 1. The van der Waals surface area contributed by atoms with E-state index in [2.05, 4.69) is 38.1 Å². The van der Waals surface area contributed by atoms with Crippen LogP contribution in [0.25, 0.3) is 0 Å². The van der Waals surface area contributed by atoms with Crippen molar-refractivity contribution in [2.75, 3.05) is 51.2 Å². The summed E-state index contributed by atoms with van der Waals surface area (Å²) in [6.07, 6.45) is 0. The van der Waals surface area contributed by atoms with E-state index >= 15 is 0 Å². The Morgan fingerprint density at radius 2 is 2.15 bits per heavy atom. The molecule has 0 saturated carbocycles. The molecular weight excluding hydrogens is 320 g/mol. The van der Waals surface area contributed by atoms with Gasteiger partial charge in [-0.1, -0.05) is 0 Å². The first-order valence-corrected chi connectivity index (χ1v) is 7.61. The minimum absolute atomic E-state index is 0.402. The monoisotopic (exact) mass is 340 g/mol. The fourth-order valence-electron chi connectivity index (χ4n) is 2.32. The second-order valence-corrected chi connectivity index (χ2v) is 5.90. The molecule has 0 spiro atoms. The van der Waals surface area contributed by atoms with E-state index in [1.807, 2.05) is 6.07 Å². The first-order valence-electron chi connectivity index (χ1n) is 6.81. The van der Waals surface area contributed by atoms with Crippen molar-refractivity contribution in [2.45, 2.75) is 0 Å².